The van der Waals surface area contributed by atoms with Crippen LogP contribution in [0.1, 0.15) is 30.4 Å². The Hall–Kier alpha value is -3.37. The Morgan fingerprint density at radius 2 is 1.62 bits per heavy atom. The van der Waals surface area contributed by atoms with E-state index >= 15 is 0 Å². The molecule has 9 nitrogen and oxygen atoms in total. The monoisotopic (exact) mass is 491 g/mol. The number of ether oxygens (including phenoxy) is 4. The zero-order valence-electron chi connectivity index (χ0n) is 19.6. The number of nitrogens with one attached hydrogen (secondary N) is 1. The number of benzene rings is 2. The maximum atomic E-state index is 12.7. The summed E-state index contributed by atoms with van der Waals surface area (Å²) >= 11 is -1.38. The van der Waals surface area contributed by atoms with E-state index in [1.165, 1.54) is 21.3 Å². The van der Waals surface area contributed by atoms with Gasteiger partial charge in [0.05, 0.1) is 39.7 Å². The first-order valence-electron chi connectivity index (χ1n) is 10.3. The fraction of sp³-hybridized carbons (Fsp3) is 0.333. The van der Waals surface area contributed by atoms with Crippen LogP contribution in [-0.2, 0) is 26.5 Å². The molecular weight excluding hydrogens is 462 g/mol. The van der Waals surface area contributed by atoms with Crippen molar-refractivity contribution in [3.63, 3.8) is 0 Å². The Balaban J connectivity index is 2.13. The minimum Gasteiger partial charge on any atom is -0.612 e. The topological polar surface area (TPSA) is 126 Å². The van der Waals surface area contributed by atoms with E-state index in [0.29, 0.717) is 34.2 Å². The molecule has 1 amide bonds. The predicted octanol–water partition coefficient (Wildman–Crippen LogP) is 3.83. The molecule has 0 aromatic heterocycles. The molecule has 0 saturated carbocycles. The highest BCUT2D eigenvalue weighted by Gasteiger charge is 2.14. The second kappa shape index (κ2) is 13.4. The van der Waals surface area contributed by atoms with Gasteiger partial charge >= 0.3 is 5.97 Å². The molecule has 1 atom stereocenters. The lowest BCUT2D eigenvalue weighted by Gasteiger charge is -2.14. The fourth-order valence-electron chi connectivity index (χ4n) is 3.11. The van der Waals surface area contributed by atoms with Crippen molar-refractivity contribution in [2.45, 2.75) is 25.0 Å². The fourth-order valence-corrected chi connectivity index (χ4v) is 4.00. The molecule has 0 radical (unpaired) electrons. The number of carboxylic acids is 1. The maximum absolute atomic E-state index is 12.7. The lowest BCUT2D eigenvalue weighted by atomic mass is 10.1. The SMILES string of the molecule is COc1cc(OC)c(C=C[S+]([O-])Cc2ccc(OC)c(NC(=O)CCCC(=O)O)c2)c(OC)c1. The molecule has 0 aliphatic carbocycles. The summed E-state index contributed by atoms with van der Waals surface area (Å²) in [7, 11) is 6.07. The molecule has 2 N–H and O–H groups in total. The van der Waals surface area contributed by atoms with Gasteiger partial charge in [-0.1, -0.05) is 6.07 Å². The van der Waals surface area contributed by atoms with Crippen LogP contribution in [0.5, 0.6) is 23.0 Å². The molecule has 0 bridgehead atoms. The first kappa shape index (κ1) is 26.9. The highest BCUT2D eigenvalue weighted by atomic mass is 32.2. The van der Waals surface area contributed by atoms with Crippen LogP contribution in [-0.4, -0.2) is 50.0 Å². The minimum absolute atomic E-state index is 0.0693. The quantitative estimate of drug-likeness (QED) is 0.405. The van der Waals surface area contributed by atoms with E-state index in [1.54, 1.807) is 48.9 Å². The third-order valence-electron chi connectivity index (χ3n) is 4.78. The van der Waals surface area contributed by atoms with Gasteiger partial charge in [-0.2, -0.15) is 0 Å². The lowest BCUT2D eigenvalue weighted by Crippen LogP contribution is -2.13. The van der Waals surface area contributed by atoms with Crippen LogP contribution >= 0.6 is 0 Å². The molecule has 0 spiro atoms. The summed E-state index contributed by atoms with van der Waals surface area (Å²) < 4.78 is 34.1. The van der Waals surface area contributed by atoms with Crippen molar-refractivity contribution in [1.29, 1.82) is 0 Å². The molecule has 34 heavy (non-hydrogen) atoms. The second-order valence-electron chi connectivity index (χ2n) is 7.10. The Bertz CT molecular complexity index is 999. The van der Waals surface area contributed by atoms with Gasteiger partial charge in [-0.15, -0.1) is 0 Å². The summed E-state index contributed by atoms with van der Waals surface area (Å²) in [4.78, 5) is 22.8. The van der Waals surface area contributed by atoms with Gasteiger partial charge < -0.3 is 33.9 Å². The van der Waals surface area contributed by atoms with Crippen LogP contribution in [0.4, 0.5) is 5.69 Å². The number of aliphatic carboxylic acids is 1. The zero-order valence-corrected chi connectivity index (χ0v) is 20.4. The standard InChI is InChI=1S/C24H29NO8S/c1-30-17-13-21(32-3)18(22(14-17)33-4)10-11-34(29)15-16-8-9-20(31-2)19(12-16)25-23(26)6-5-7-24(27)28/h8-14H,5-7,15H2,1-4H3,(H,25,26)(H,27,28). The van der Waals surface area contributed by atoms with E-state index in [9.17, 15) is 14.1 Å². The molecule has 2 aromatic carbocycles. The second-order valence-corrected chi connectivity index (χ2v) is 8.43. The van der Waals surface area contributed by atoms with E-state index in [4.69, 9.17) is 24.1 Å². The minimum atomic E-state index is -1.38. The Morgan fingerprint density at radius 3 is 2.18 bits per heavy atom. The molecule has 0 aliphatic heterocycles. The number of hydrogen-bond donors (Lipinski definition) is 2. The summed E-state index contributed by atoms with van der Waals surface area (Å²) in [6.45, 7) is 0. The molecular formula is C24H29NO8S. The number of carbonyl (C=O) groups is 2. The van der Waals surface area contributed by atoms with Gasteiger partial charge in [-0.05, 0) is 29.7 Å². The van der Waals surface area contributed by atoms with Crippen LogP contribution in [0.3, 0.4) is 0 Å². The highest BCUT2D eigenvalue weighted by Crippen LogP contribution is 2.35. The summed E-state index contributed by atoms with van der Waals surface area (Å²) in [5, 5.41) is 13.0. The van der Waals surface area contributed by atoms with Crippen molar-refractivity contribution in [3.05, 3.63) is 46.9 Å². The molecule has 2 aromatic rings. The molecule has 184 valence electrons. The number of anilines is 1. The van der Waals surface area contributed by atoms with Gasteiger partial charge in [0.15, 0.2) is 0 Å². The van der Waals surface area contributed by atoms with Crippen molar-refractivity contribution in [2.24, 2.45) is 0 Å². The van der Waals surface area contributed by atoms with Gasteiger partial charge in [-0.3, -0.25) is 9.59 Å². The summed E-state index contributed by atoms with van der Waals surface area (Å²) in [6, 6.07) is 8.55. The Labute approximate surface area is 201 Å². The van der Waals surface area contributed by atoms with E-state index in [2.05, 4.69) is 5.32 Å². The molecule has 0 heterocycles. The van der Waals surface area contributed by atoms with Crippen LogP contribution in [0, 0.1) is 0 Å². The number of carboxylic acid groups (broad SMARTS) is 1. The molecule has 10 heteroatoms. The molecule has 0 saturated heterocycles. The Kier molecular flexibility index (Phi) is 10.6. The first-order chi connectivity index (χ1) is 16.3. The van der Waals surface area contributed by atoms with Crippen LogP contribution in [0.15, 0.2) is 35.7 Å². The summed E-state index contributed by atoms with van der Waals surface area (Å²) in [5.41, 5.74) is 1.78. The molecule has 0 fully saturated rings. The van der Waals surface area contributed by atoms with Crippen LogP contribution in [0.25, 0.3) is 6.08 Å². The van der Waals surface area contributed by atoms with E-state index < -0.39 is 17.1 Å². The number of rotatable bonds is 13. The third-order valence-corrected chi connectivity index (χ3v) is 5.84. The van der Waals surface area contributed by atoms with E-state index in [1.807, 2.05) is 0 Å². The summed E-state index contributed by atoms with van der Waals surface area (Å²) in [5.74, 6) is 0.975. The average Bonchev–Trinajstić information content (AvgIpc) is 2.82. The Morgan fingerprint density at radius 1 is 0.971 bits per heavy atom. The van der Waals surface area contributed by atoms with Gasteiger partial charge in [0.1, 0.15) is 34.2 Å². The molecule has 0 aliphatic rings. The maximum Gasteiger partial charge on any atom is 0.303 e. The van der Waals surface area contributed by atoms with Crippen molar-refractivity contribution in [3.8, 4) is 23.0 Å². The van der Waals surface area contributed by atoms with Crippen LogP contribution in [0.2, 0.25) is 0 Å². The van der Waals surface area contributed by atoms with Crippen LogP contribution < -0.4 is 24.3 Å². The molecule has 2 rings (SSSR count). The number of hydrogen-bond acceptors (Lipinski definition) is 7. The third kappa shape index (κ3) is 7.89. The van der Waals surface area contributed by atoms with E-state index in [0.717, 1.165) is 5.56 Å². The first-order valence-corrected chi connectivity index (χ1v) is 11.7. The van der Waals surface area contributed by atoms with E-state index in [-0.39, 0.29) is 30.9 Å². The van der Waals surface area contributed by atoms with Gasteiger partial charge in [0.2, 0.25) is 5.91 Å². The van der Waals surface area contributed by atoms with Crippen molar-refractivity contribution < 1.29 is 38.2 Å². The average molecular weight is 492 g/mol. The zero-order chi connectivity index (χ0) is 25.1. The highest BCUT2D eigenvalue weighted by molar-refractivity contribution is 7.93. The number of methoxy groups -OCH3 is 4. The van der Waals surface area contributed by atoms with Gasteiger partial charge in [0, 0.05) is 36.6 Å². The van der Waals surface area contributed by atoms with Crippen molar-refractivity contribution >= 4 is 34.8 Å². The smallest absolute Gasteiger partial charge is 0.303 e. The lowest BCUT2D eigenvalue weighted by molar-refractivity contribution is -0.137. The van der Waals surface area contributed by atoms with Crippen molar-refractivity contribution in [1.82, 2.24) is 0 Å². The largest absolute Gasteiger partial charge is 0.612 e. The normalized spacial score (nSPS) is 11.7. The number of carbonyl (C=O) groups excluding carboxylic acids is 1. The predicted molar refractivity (Wildman–Crippen MR) is 130 cm³/mol. The molecule has 1 unspecified atom stereocenters. The summed E-state index contributed by atoms with van der Waals surface area (Å²) in [6.07, 6.45) is 1.89. The van der Waals surface area contributed by atoms with Gasteiger partial charge in [0.25, 0.3) is 0 Å². The number of amides is 1. The van der Waals surface area contributed by atoms with Gasteiger partial charge in [-0.25, -0.2) is 0 Å². The van der Waals surface area contributed by atoms with Crippen molar-refractivity contribution in [2.75, 3.05) is 33.8 Å².